The first kappa shape index (κ1) is 58.4. The summed E-state index contributed by atoms with van der Waals surface area (Å²) < 4.78 is 16.8. The van der Waals surface area contributed by atoms with Crippen molar-refractivity contribution < 1.29 is 28.6 Å². The number of ether oxygens (including phenoxy) is 3. The van der Waals surface area contributed by atoms with Crippen LogP contribution in [0.25, 0.3) is 0 Å². The van der Waals surface area contributed by atoms with Gasteiger partial charge in [-0.3, -0.25) is 14.4 Å². The van der Waals surface area contributed by atoms with Crippen molar-refractivity contribution in [2.75, 3.05) is 13.2 Å². The predicted molar refractivity (Wildman–Crippen MR) is 256 cm³/mol. The van der Waals surface area contributed by atoms with Crippen LogP contribution in [0.2, 0.25) is 0 Å². The Morgan fingerprint density at radius 3 is 0.950 bits per heavy atom. The van der Waals surface area contributed by atoms with Gasteiger partial charge in [-0.2, -0.15) is 0 Å². The van der Waals surface area contributed by atoms with Crippen LogP contribution >= 0.6 is 0 Å². The third kappa shape index (κ3) is 45.9. The second kappa shape index (κ2) is 46.9. The number of rotatable bonds is 48. The van der Waals surface area contributed by atoms with Crippen LogP contribution in [0, 0.1) is 11.8 Å². The molecule has 356 valence electrons. The van der Waals surface area contributed by atoms with Gasteiger partial charge in [0.2, 0.25) is 0 Å². The number of hydrogen-bond donors (Lipinski definition) is 0. The van der Waals surface area contributed by atoms with Crippen molar-refractivity contribution in [3.8, 4) is 0 Å². The van der Waals surface area contributed by atoms with Crippen LogP contribution in [0.4, 0.5) is 0 Å². The molecule has 6 nitrogen and oxygen atoms in total. The fourth-order valence-corrected chi connectivity index (χ4v) is 8.13. The summed E-state index contributed by atoms with van der Waals surface area (Å²) in [4.78, 5) is 37.9. The molecular formula is C54H104O6. The van der Waals surface area contributed by atoms with Gasteiger partial charge < -0.3 is 14.2 Å². The SMILES string of the molecule is CCCCCCCCCCCCCCCCCCCCCC(=O)OC[C@@H](COC(=O)CCCCCCCCCCC(C)C)OC(=O)CCCCCCCCCCC(C)CC. The van der Waals surface area contributed by atoms with Crippen molar-refractivity contribution in [3.63, 3.8) is 0 Å². The molecule has 0 saturated carbocycles. The van der Waals surface area contributed by atoms with Gasteiger partial charge in [-0.15, -0.1) is 0 Å². The monoisotopic (exact) mass is 849 g/mol. The lowest BCUT2D eigenvalue weighted by Gasteiger charge is -2.18. The molecule has 0 bridgehead atoms. The van der Waals surface area contributed by atoms with E-state index in [0.29, 0.717) is 19.3 Å². The molecule has 0 aliphatic heterocycles. The zero-order valence-electron chi connectivity index (χ0n) is 41.1. The minimum atomic E-state index is -0.762. The second-order valence-electron chi connectivity index (χ2n) is 19.2. The Labute approximate surface area is 374 Å². The summed E-state index contributed by atoms with van der Waals surface area (Å²) in [5.41, 5.74) is 0. The maximum Gasteiger partial charge on any atom is 0.306 e. The number of carbonyl (C=O) groups is 3. The average molecular weight is 849 g/mol. The third-order valence-electron chi connectivity index (χ3n) is 12.6. The maximum atomic E-state index is 12.8. The minimum Gasteiger partial charge on any atom is -0.462 e. The third-order valence-corrected chi connectivity index (χ3v) is 12.6. The summed E-state index contributed by atoms with van der Waals surface area (Å²) in [6.07, 6.45) is 48.1. The smallest absolute Gasteiger partial charge is 0.306 e. The van der Waals surface area contributed by atoms with Crippen molar-refractivity contribution in [2.45, 2.75) is 304 Å². The van der Waals surface area contributed by atoms with E-state index in [1.807, 2.05) is 0 Å². The molecule has 6 heteroatoms. The van der Waals surface area contributed by atoms with Crippen LogP contribution in [-0.2, 0) is 28.6 Å². The molecule has 1 unspecified atom stereocenters. The van der Waals surface area contributed by atoms with E-state index < -0.39 is 6.10 Å². The molecule has 0 aliphatic rings. The molecule has 0 fully saturated rings. The Balaban J connectivity index is 4.25. The molecule has 0 spiro atoms. The summed E-state index contributed by atoms with van der Waals surface area (Å²) >= 11 is 0. The molecule has 0 N–H and O–H groups in total. The van der Waals surface area contributed by atoms with Crippen LogP contribution < -0.4 is 0 Å². The first-order valence-corrected chi connectivity index (χ1v) is 26.8. The summed E-state index contributed by atoms with van der Waals surface area (Å²) in [6, 6.07) is 0. The van der Waals surface area contributed by atoms with E-state index in [0.717, 1.165) is 69.6 Å². The van der Waals surface area contributed by atoms with Crippen LogP contribution in [-0.4, -0.2) is 37.2 Å². The highest BCUT2D eigenvalue weighted by atomic mass is 16.6. The highest BCUT2D eigenvalue weighted by molar-refractivity contribution is 5.71. The summed E-state index contributed by atoms with van der Waals surface area (Å²) in [5, 5.41) is 0. The largest absolute Gasteiger partial charge is 0.462 e. The maximum absolute atomic E-state index is 12.8. The Morgan fingerprint density at radius 1 is 0.350 bits per heavy atom. The van der Waals surface area contributed by atoms with Crippen molar-refractivity contribution in [3.05, 3.63) is 0 Å². The first-order valence-electron chi connectivity index (χ1n) is 26.8. The van der Waals surface area contributed by atoms with Gasteiger partial charge in [-0.1, -0.05) is 259 Å². The van der Waals surface area contributed by atoms with Crippen molar-refractivity contribution in [1.82, 2.24) is 0 Å². The number of unbranched alkanes of at least 4 members (excludes halogenated alkanes) is 32. The van der Waals surface area contributed by atoms with Gasteiger partial charge in [0, 0.05) is 19.3 Å². The molecule has 0 saturated heterocycles. The standard InChI is InChI=1S/C54H104O6/c1-6-8-9-10-11-12-13-14-15-16-17-18-19-20-21-22-29-34-39-44-52(55)58-47-51(48-59-53(56)45-40-35-30-25-23-27-32-37-42-49(3)4)60-54(57)46-41-36-31-26-24-28-33-38-43-50(5)7-2/h49-51H,6-48H2,1-5H3/t50?,51-/m0/s1. The molecule has 0 amide bonds. The number of hydrogen-bond acceptors (Lipinski definition) is 6. The molecule has 2 atom stereocenters. The van der Waals surface area contributed by atoms with Gasteiger partial charge in [0.1, 0.15) is 13.2 Å². The van der Waals surface area contributed by atoms with E-state index in [-0.39, 0.29) is 31.1 Å². The van der Waals surface area contributed by atoms with Crippen LogP contribution in [0.1, 0.15) is 298 Å². The quantitative estimate of drug-likeness (QED) is 0.0345. The first-order chi connectivity index (χ1) is 29.3. The van der Waals surface area contributed by atoms with Gasteiger partial charge in [-0.25, -0.2) is 0 Å². The molecule has 0 aliphatic carbocycles. The van der Waals surface area contributed by atoms with Crippen molar-refractivity contribution >= 4 is 17.9 Å². The lowest BCUT2D eigenvalue weighted by Crippen LogP contribution is -2.30. The predicted octanol–water partition coefficient (Wildman–Crippen LogP) is 17.3. The zero-order chi connectivity index (χ0) is 44.0. The molecule has 0 aromatic rings. The highest BCUT2D eigenvalue weighted by Gasteiger charge is 2.19. The average Bonchev–Trinajstić information content (AvgIpc) is 3.23. The molecule has 0 rings (SSSR count). The van der Waals surface area contributed by atoms with E-state index in [4.69, 9.17) is 14.2 Å². The molecule has 0 radical (unpaired) electrons. The van der Waals surface area contributed by atoms with Gasteiger partial charge in [-0.05, 0) is 31.1 Å². The Morgan fingerprint density at radius 2 is 0.633 bits per heavy atom. The molecule has 60 heavy (non-hydrogen) atoms. The van der Waals surface area contributed by atoms with E-state index in [1.54, 1.807) is 0 Å². The Kier molecular flexibility index (Phi) is 45.7. The Hall–Kier alpha value is -1.59. The summed E-state index contributed by atoms with van der Waals surface area (Å²) in [5.74, 6) is 0.790. The fraction of sp³-hybridized carbons (Fsp3) is 0.944. The van der Waals surface area contributed by atoms with E-state index in [9.17, 15) is 14.4 Å². The molecule has 0 aromatic carbocycles. The van der Waals surface area contributed by atoms with Crippen molar-refractivity contribution in [2.24, 2.45) is 11.8 Å². The normalized spacial score (nSPS) is 12.5. The van der Waals surface area contributed by atoms with Gasteiger partial charge in [0.15, 0.2) is 6.10 Å². The second-order valence-corrected chi connectivity index (χ2v) is 19.2. The number of esters is 3. The van der Waals surface area contributed by atoms with Gasteiger partial charge in [0.25, 0.3) is 0 Å². The lowest BCUT2D eigenvalue weighted by atomic mass is 9.99. The minimum absolute atomic E-state index is 0.0643. The van der Waals surface area contributed by atoms with E-state index in [2.05, 4.69) is 34.6 Å². The molecule has 0 aromatic heterocycles. The van der Waals surface area contributed by atoms with E-state index >= 15 is 0 Å². The summed E-state index contributed by atoms with van der Waals surface area (Å²) in [7, 11) is 0. The fourth-order valence-electron chi connectivity index (χ4n) is 8.13. The highest BCUT2D eigenvalue weighted by Crippen LogP contribution is 2.18. The lowest BCUT2D eigenvalue weighted by molar-refractivity contribution is -0.167. The number of carbonyl (C=O) groups excluding carboxylic acids is 3. The Bertz CT molecular complexity index is 918. The van der Waals surface area contributed by atoms with Crippen molar-refractivity contribution in [1.29, 1.82) is 0 Å². The summed E-state index contributed by atoms with van der Waals surface area (Å²) in [6.45, 7) is 11.4. The van der Waals surface area contributed by atoms with Crippen LogP contribution in [0.5, 0.6) is 0 Å². The van der Waals surface area contributed by atoms with E-state index in [1.165, 1.54) is 186 Å². The van der Waals surface area contributed by atoms with Gasteiger partial charge in [0.05, 0.1) is 0 Å². The molecule has 0 heterocycles. The topological polar surface area (TPSA) is 78.9 Å². The zero-order valence-corrected chi connectivity index (χ0v) is 41.1. The molecular weight excluding hydrogens is 745 g/mol. The van der Waals surface area contributed by atoms with Gasteiger partial charge >= 0.3 is 17.9 Å². The van der Waals surface area contributed by atoms with Crippen LogP contribution in [0.15, 0.2) is 0 Å². The van der Waals surface area contributed by atoms with Crippen LogP contribution in [0.3, 0.4) is 0 Å².